The van der Waals surface area contributed by atoms with Crippen molar-refractivity contribution in [3.8, 4) is 0 Å². The number of rotatable bonds is 7. The quantitative estimate of drug-likeness (QED) is 0.548. The predicted octanol–water partition coefficient (Wildman–Crippen LogP) is 4.55. The van der Waals surface area contributed by atoms with Gasteiger partial charge in [0.2, 0.25) is 0 Å². The van der Waals surface area contributed by atoms with Gasteiger partial charge in [0.15, 0.2) is 22.1 Å². The SMILES string of the molecule is Cc1cc(Cl)cc(Sc2nc3c(N)ncnc3n2CCCNCC(C)(C)C)c1. The number of halogens is 1. The third-order valence-electron chi connectivity index (χ3n) is 4.14. The number of hydrogen-bond acceptors (Lipinski definition) is 6. The number of nitrogen functional groups attached to an aromatic ring is 1. The lowest BCUT2D eigenvalue weighted by atomic mass is 9.97. The summed E-state index contributed by atoms with van der Waals surface area (Å²) in [6, 6.07) is 5.99. The molecule has 0 spiro atoms. The molecule has 3 rings (SSSR count). The van der Waals surface area contributed by atoms with Crippen LogP contribution in [0.5, 0.6) is 0 Å². The number of anilines is 1. The molecular weight excluding hydrogens is 392 g/mol. The van der Waals surface area contributed by atoms with Crippen LogP contribution in [0.1, 0.15) is 32.8 Å². The minimum atomic E-state index is 0.273. The summed E-state index contributed by atoms with van der Waals surface area (Å²) in [6.07, 6.45) is 2.46. The van der Waals surface area contributed by atoms with Crippen molar-refractivity contribution in [2.45, 2.75) is 50.7 Å². The summed E-state index contributed by atoms with van der Waals surface area (Å²) in [5.41, 5.74) is 8.83. The Morgan fingerprint density at radius 2 is 2.00 bits per heavy atom. The van der Waals surface area contributed by atoms with Gasteiger partial charge in [-0.25, -0.2) is 15.0 Å². The van der Waals surface area contributed by atoms with Gasteiger partial charge in [0.1, 0.15) is 6.33 Å². The molecule has 0 amide bonds. The van der Waals surface area contributed by atoms with Crippen LogP contribution in [-0.4, -0.2) is 32.6 Å². The molecule has 0 radical (unpaired) electrons. The number of nitrogens with two attached hydrogens (primary N) is 1. The largest absolute Gasteiger partial charge is 0.382 e. The van der Waals surface area contributed by atoms with Gasteiger partial charge < -0.3 is 15.6 Å². The highest BCUT2D eigenvalue weighted by atomic mass is 35.5. The fourth-order valence-corrected chi connectivity index (χ4v) is 4.33. The summed E-state index contributed by atoms with van der Waals surface area (Å²) in [6.45, 7) is 11.4. The van der Waals surface area contributed by atoms with Gasteiger partial charge in [-0.3, -0.25) is 0 Å². The maximum absolute atomic E-state index is 6.22. The van der Waals surface area contributed by atoms with Gasteiger partial charge in [-0.1, -0.05) is 44.1 Å². The van der Waals surface area contributed by atoms with Gasteiger partial charge in [0, 0.05) is 16.5 Å². The van der Waals surface area contributed by atoms with Gasteiger partial charge in [0.25, 0.3) is 0 Å². The molecule has 6 nitrogen and oxygen atoms in total. The monoisotopic (exact) mass is 418 g/mol. The Morgan fingerprint density at radius 1 is 1.21 bits per heavy atom. The zero-order chi connectivity index (χ0) is 20.3. The lowest BCUT2D eigenvalue weighted by Gasteiger charge is -2.18. The number of aryl methyl sites for hydroxylation is 2. The van der Waals surface area contributed by atoms with Crippen molar-refractivity contribution in [1.82, 2.24) is 24.8 Å². The Bertz CT molecular complexity index is 943. The summed E-state index contributed by atoms with van der Waals surface area (Å²) < 4.78 is 2.12. The molecule has 3 aromatic rings. The Hall–Kier alpha value is -1.83. The molecule has 0 aliphatic rings. The third-order valence-corrected chi connectivity index (χ3v) is 5.32. The van der Waals surface area contributed by atoms with Crippen molar-refractivity contribution in [3.63, 3.8) is 0 Å². The van der Waals surface area contributed by atoms with Crippen LogP contribution in [0.3, 0.4) is 0 Å². The topological polar surface area (TPSA) is 81.7 Å². The zero-order valence-corrected chi connectivity index (χ0v) is 18.4. The van der Waals surface area contributed by atoms with Crippen LogP contribution in [0, 0.1) is 12.3 Å². The second-order valence-corrected chi connectivity index (χ2v) is 9.61. The van der Waals surface area contributed by atoms with Crippen LogP contribution >= 0.6 is 23.4 Å². The molecule has 1 aromatic carbocycles. The molecule has 0 atom stereocenters. The molecule has 0 aliphatic heterocycles. The fraction of sp³-hybridized carbons (Fsp3) is 0.450. The first kappa shape index (κ1) is 20.9. The first-order valence-corrected chi connectivity index (χ1v) is 10.5. The van der Waals surface area contributed by atoms with E-state index in [9.17, 15) is 0 Å². The van der Waals surface area contributed by atoms with Gasteiger partial charge >= 0.3 is 0 Å². The molecule has 0 saturated heterocycles. The highest BCUT2D eigenvalue weighted by molar-refractivity contribution is 7.99. The molecule has 150 valence electrons. The first-order chi connectivity index (χ1) is 13.2. The second-order valence-electron chi connectivity index (χ2n) is 8.13. The number of aromatic nitrogens is 4. The highest BCUT2D eigenvalue weighted by Crippen LogP contribution is 2.32. The van der Waals surface area contributed by atoms with E-state index in [2.05, 4.69) is 46.7 Å². The standard InChI is InChI=1S/C20H27ClN6S/c1-13-8-14(21)10-15(9-13)28-19-26-16-17(22)24-12-25-18(16)27(19)7-5-6-23-11-20(2,3)4/h8-10,12,23H,5-7,11H2,1-4H3,(H2,22,24,25). The number of hydrogen-bond donors (Lipinski definition) is 2. The van der Waals surface area contributed by atoms with Gasteiger partial charge in [0.05, 0.1) is 0 Å². The summed E-state index contributed by atoms with van der Waals surface area (Å²) in [4.78, 5) is 14.3. The van der Waals surface area contributed by atoms with Crippen molar-refractivity contribution in [2.24, 2.45) is 5.41 Å². The predicted molar refractivity (Wildman–Crippen MR) is 117 cm³/mol. The third kappa shape index (κ3) is 5.37. The lowest BCUT2D eigenvalue weighted by molar-refractivity contribution is 0.376. The average molecular weight is 419 g/mol. The molecule has 0 saturated carbocycles. The summed E-state index contributed by atoms with van der Waals surface area (Å²) in [5.74, 6) is 0.402. The van der Waals surface area contributed by atoms with E-state index in [1.165, 1.54) is 6.33 Å². The molecule has 28 heavy (non-hydrogen) atoms. The van der Waals surface area contributed by atoms with E-state index in [4.69, 9.17) is 22.3 Å². The van der Waals surface area contributed by atoms with Crippen LogP contribution < -0.4 is 11.1 Å². The van der Waals surface area contributed by atoms with Gasteiger partial charge in [-0.15, -0.1) is 0 Å². The van der Waals surface area contributed by atoms with Gasteiger partial charge in [-0.05, 0) is 55.6 Å². The Kier molecular flexibility index (Phi) is 6.47. The minimum absolute atomic E-state index is 0.273. The van der Waals surface area contributed by atoms with Crippen molar-refractivity contribution in [3.05, 3.63) is 35.1 Å². The molecule has 0 unspecified atom stereocenters. The van der Waals surface area contributed by atoms with Crippen LogP contribution in [0.25, 0.3) is 11.2 Å². The van der Waals surface area contributed by atoms with E-state index < -0.39 is 0 Å². The van der Waals surface area contributed by atoms with Crippen molar-refractivity contribution in [1.29, 1.82) is 0 Å². The Balaban J connectivity index is 1.82. The summed E-state index contributed by atoms with van der Waals surface area (Å²) >= 11 is 7.79. The van der Waals surface area contributed by atoms with E-state index >= 15 is 0 Å². The van der Waals surface area contributed by atoms with E-state index in [1.54, 1.807) is 11.8 Å². The molecule has 3 N–H and O–H groups in total. The van der Waals surface area contributed by atoms with E-state index in [0.717, 1.165) is 52.3 Å². The van der Waals surface area contributed by atoms with Crippen molar-refractivity contribution < 1.29 is 0 Å². The van der Waals surface area contributed by atoms with E-state index in [0.29, 0.717) is 11.3 Å². The van der Waals surface area contributed by atoms with E-state index in [-0.39, 0.29) is 5.41 Å². The summed E-state index contributed by atoms with van der Waals surface area (Å²) in [5, 5.41) is 5.08. The van der Waals surface area contributed by atoms with Crippen molar-refractivity contribution in [2.75, 3.05) is 18.8 Å². The fourth-order valence-electron chi connectivity index (χ4n) is 2.91. The number of benzene rings is 1. The molecule has 0 bridgehead atoms. The molecule has 2 heterocycles. The number of nitrogens with one attached hydrogen (secondary N) is 1. The van der Waals surface area contributed by atoms with Crippen molar-refractivity contribution >= 4 is 40.3 Å². The van der Waals surface area contributed by atoms with Crippen LogP contribution in [0.4, 0.5) is 5.82 Å². The normalized spacial score (nSPS) is 12.0. The molecule has 0 aliphatic carbocycles. The highest BCUT2D eigenvalue weighted by Gasteiger charge is 2.16. The second kappa shape index (κ2) is 8.68. The molecular formula is C20H27ClN6S. The maximum atomic E-state index is 6.22. The van der Waals surface area contributed by atoms with Crippen LogP contribution in [-0.2, 0) is 6.54 Å². The maximum Gasteiger partial charge on any atom is 0.175 e. The number of imidazole rings is 1. The molecule has 2 aromatic heterocycles. The Morgan fingerprint density at radius 3 is 2.71 bits per heavy atom. The zero-order valence-electron chi connectivity index (χ0n) is 16.8. The smallest absolute Gasteiger partial charge is 0.175 e. The van der Waals surface area contributed by atoms with Crippen LogP contribution in [0.15, 0.2) is 34.6 Å². The first-order valence-electron chi connectivity index (χ1n) is 9.35. The molecule has 8 heteroatoms. The minimum Gasteiger partial charge on any atom is -0.382 e. The Labute approximate surface area is 175 Å². The average Bonchev–Trinajstić information content (AvgIpc) is 2.91. The number of fused-ring (bicyclic) bond motifs is 1. The van der Waals surface area contributed by atoms with Crippen LogP contribution in [0.2, 0.25) is 5.02 Å². The number of nitrogens with zero attached hydrogens (tertiary/aromatic N) is 4. The van der Waals surface area contributed by atoms with E-state index in [1.807, 2.05) is 19.1 Å². The lowest BCUT2D eigenvalue weighted by Crippen LogP contribution is -2.28. The molecule has 0 fully saturated rings. The summed E-state index contributed by atoms with van der Waals surface area (Å²) in [7, 11) is 0. The van der Waals surface area contributed by atoms with Gasteiger partial charge in [-0.2, -0.15) is 0 Å².